The lowest BCUT2D eigenvalue weighted by atomic mass is 10.2. The Morgan fingerprint density at radius 1 is 1.23 bits per heavy atom. The second-order valence-electron chi connectivity index (χ2n) is 2.83. The largest absolute Gasteiger partial charge is 0.399 e. The van der Waals surface area contributed by atoms with Crippen LogP contribution in [0.5, 0.6) is 0 Å². The number of benzene rings is 1. The van der Waals surface area contributed by atoms with Crippen molar-refractivity contribution in [1.29, 1.82) is 0 Å². The van der Waals surface area contributed by atoms with Crippen LogP contribution in [-0.2, 0) is 7.05 Å². The molecule has 0 aliphatic heterocycles. The zero-order valence-electron chi connectivity index (χ0n) is 7.31. The maximum atomic E-state index is 5.58. The van der Waals surface area contributed by atoms with E-state index in [1.54, 1.807) is 4.68 Å². The van der Waals surface area contributed by atoms with Crippen LogP contribution in [-0.4, -0.2) is 14.8 Å². The third-order valence-electron chi connectivity index (χ3n) is 1.88. The molecule has 1 aromatic heterocycles. The van der Waals surface area contributed by atoms with Crippen molar-refractivity contribution < 1.29 is 0 Å². The number of hydrogen-bond donors (Lipinski definition) is 1. The van der Waals surface area contributed by atoms with E-state index in [1.807, 2.05) is 31.3 Å². The molecule has 4 nitrogen and oxygen atoms in total. The number of hydrogen-bond acceptors (Lipinski definition) is 3. The molecule has 0 atom stereocenters. The van der Waals surface area contributed by atoms with Crippen molar-refractivity contribution in [3.63, 3.8) is 0 Å². The molecule has 66 valence electrons. The second-order valence-corrected chi connectivity index (χ2v) is 2.83. The maximum Gasteiger partial charge on any atom is 0.157 e. The predicted molar refractivity (Wildman–Crippen MR) is 50.9 cm³/mol. The van der Waals surface area contributed by atoms with E-state index in [-0.39, 0.29) is 0 Å². The topological polar surface area (TPSA) is 56.7 Å². The van der Waals surface area contributed by atoms with Gasteiger partial charge in [-0.2, -0.15) is 5.10 Å². The summed E-state index contributed by atoms with van der Waals surface area (Å²) in [4.78, 5) is 4.13. The molecule has 4 heteroatoms. The molecule has 1 heterocycles. The predicted octanol–water partition coefficient (Wildman–Crippen LogP) is 1.06. The molecule has 0 spiro atoms. The second kappa shape index (κ2) is 2.90. The summed E-state index contributed by atoms with van der Waals surface area (Å²) in [6.07, 6.45) is 1.53. The van der Waals surface area contributed by atoms with E-state index in [9.17, 15) is 0 Å². The van der Waals surface area contributed by atoms with Gasteiger partial charge in [0.25, 0.3) is 0 Å². The molecule has 0 aliphatic carbocycles. The van der Waals surface area contributed by atoms with Crippen LogP contribution in [0.25, 0.3) is 11.4 Å². The van der Waals surface area contributed by atoms with E-state index >= 15 is 0 Å². The molecule has 13 heavy (non-hydrogen) atoms. The third kappa shape index (κ3) is 1.38. The van der Waals surface area contributed by atoms with Crippen LogP contribution in [0.15, 0.2) is 30.6 Å². The molecule has 0 saturated heterocycles. The van der Waals surface area contributed by atoms with E-state index in [0.717, 1.165) is 17.1 Å². The first kappa shape index (κ1) is 7.79. The van der Waals surface area contributed by atoms with Crippen molar-refractivity contribution in [2.24, 2.45) is 7.05 Å². The average Bonchev–Trinajstić information content (AvgIpc) is 2.53. The number of anilines is 1. The van der Waals surface area contributed by atoms with E-state index in [1.165, 1.54) is 6.33 Å². The lowest BCUT2D eigenvalue weighted by molar-refractivity contribution is 0.774. The minimum atomic E-state index is 0.755. The zero-order valence-corrected chi connectivity index (χ0v) is 7.31. The summed E-state index contributed by atoms with van der Waals surface area (Å²) in [6.45, 7) is 0. The smallest absolute Gasteiger partial charge is 0.157 e. The lowest BCUT2D eigenvalue weighted by Crippen LogP contribution is -1.94. The van der Waals surface area contributed by atoms with Gasteiger partial charge in [-0.05, 0) is 24.3 Å². The molecule has 2 N–H and O–H groups in total. The summed E-state index contributed by atoms with van der Waals surface area (Å²) in [5, 5.41) is 3.99. The highest BCUT2D eigenvalue weighted by molar-refractivity contribution is 5.58. The summed E-state index contributed by atoms with van der Waals surface area (Å²) in [6, 6.07) is 7.56. The average molecular weight is 174 g/mol. The molecular formula is C9H10N4. The minimum Gasteiger partial charge on any atom is -0.399 e. The first-order valence-corrected chi connectivity index (χ1v) is 3.97. The van der Waals surface area contributed by atoms with Gasteiger partial charge in [-0.15, -0.1) is 0 Å². The highest BCUT2D eigenvalue weighted by Crippen LogP contribution is 2.16. The van der Waals surface area contributed by atoms with Gasteiger partial charge in [0.05, 0.1) is 0 Å². The van der Waals surface area contributed by atoms with Crippen molar-refractivity contribution in [1.82, 2.24) is 14.8 Å². The fourth-order valence-corrected chi connectivity index (χ4v) is 1.19. The van der Waals surface area contributed by atoms with Gasteiger partial charge in [0.1, 0.15) is 6.33 Å². The molecule has 0 radical (unpaired) electrons. The van der Waals surface area contributed by atoms with Gasteiger partial charge in [-0.25, -0.2) is 9.67 Å². The monoisotopic (exact) mass is 174 g/mol. The van der Waals surface area contributed by atoms with Gasteiger partial charge in [0.2, 0.25) is 0 Å². The Labute approximate surface area is 76.0 Å². The molecular weight excluding hydrogens is 164 g/mol. The molecule has 0 fully saturated rings. The van der Waals surface area contributed by atoms with Gasteiger partial charge >= 0.3 is 0 Å². The van der Waals surface area contributed by atoms with Crippen LogP contribution < -0.4 is 5.73 Å². The van der Waals surface area contributed by atoms with E-state index in [0.29, 0.717) is 0 Å². The Balaban J connectivity index is 2.47. The SMILES string of the molecule is Cn1ncnc1-c1ccc(N)cc1. The van der Waals surface area contributed by atoms with Crippen LogP contribution in [0, 0.1) is 0 Å². The van der Waals surface area contributed by atoms with Crippen molar-refractivity contribution in [2.75, 3.05) is 5.73 Å². The highest BCUT2D eigenvalue weighted by atomic mass is 15.3. The molecule has 1 aromatic carbocycles. The Hall–Kier alpha value is -1.84. The number of nitrogens with two attached hydrogens (primary N) is 1. The Morgan fingerprint density at radius 2 is 1.92 bits per heavy atom. The van der Waals surface area contributed by atoms with Crippen LogP contribution in [0.1, 0.15) is 0 Å². The maximum absolute atomic E-state index is 5.58. The van der Waals surface area contributed by atoms with Crippen LogP contribution >= 0.6 is 0 Å². The molecule has 2 rings (SSSR count). The van der Waals surface area contributed by atoms with Crippen molar-refractivity contribution >= 4 is 5.69 Å². The van der Waals surface area contributed by atoms with Gasteiger partial charge in [0, 0.05) is 18.3 Å². The van der Waals surface area contributed by atoms with Gasteiger partial charge in [0.15, 0.2) is 5.82 Å². The van der Waals surface area contributed by atoms with E-state index in [2.05, 4.69) is 10.1 Å². The standard InChI is InChI=1S/C9H10N4/c1-13-9(11-6-12-13)7-2-4-8(10)5-3-7/h2-6H,10H2,1H3. The summed E-state index contributed by atoms with van der Waals surface area (Å²) in [5.41, 5.74) is 7.35. The van der Waals surface area contributed by atoms with Crippen LogP contribution in [0.4, 0.5) is 5.69 Å². The molecule has 0 unspecified atom stereocenters. The first-order valence-electron chi connectivity index (χ1n) is 3.97. The Morgan fingerprint density at radius 3 is 2.46 bits per heavy atom. The first-order chi connectivity index (χ1) is 6.27. The van der Waals surface area contributed by atoms with Crippen molar-refractivity contribution in [2.45, 2.75) is 0 Å². The minimum absolute atomic E-state index is 0.755. The number of rotatable bonds is 1. The van der Waals surface area contributed by atoms with Gasteiger partial charge in [-0.3, -0.25) is 0 Å². The molecule has 0 saturated carbocycles. The zero-order chi connectivity index (χ0) is 9.26. The molecule has 2 aromatic rings. The summed E-state index contributed by atoms with van der Waals surface area (Å²) in [7, 11) is 1.86. The normalized spacial score (nSPS) is 10.2. The molecule has 0 aliphatic rings. The molecule has 0 bridgehead atoms. The number of aryl methyl sites for hydroxylation is 1. The Bertz CT molecular complexity index is 402. The Kier molecular flexibility index (Phi) is 1.73. The molecule has 0 amide bonds. The fraction of sp³-hybridized carbons (Fsp3) is 0.111. The van der Waals surface area contributed by atoms with Gasteiger partial charge in [-0.1, -0.05) is 0 Å². The third-order valence-corrected chi connectivity index (χ3v) is 1.88. The quantitative estimate of drug-likeness (QED) is 0.658. The summed E-state index contributed by atoms with van der Waals surface area (Å²) >= 11 is 0. The van der Waals surface area contributed by atoms with Crippen LogP contribution in [0.2, 0.25) is 0 Å². The van der Waals surface area contributed by atoms with E-state index < -0.39 is 0 Å². The lowest BCUT2D eigenvalue weighted by Gasteiger charge is -1.99. The van der Waals surface area contributed by atoms with Gasteiger partial charge < -0.3 is 5.73 Å². The van der Waals surface area contributed by atoms with Crippen LogP contribution in [0.3, 0.4) is 0 Å². The van der Waals surface area contributed by atoms with Crippen molar-refractivity contribution in [3.8, 4) is 11.4 Å². The van der Waals surface area contributed by atoms with E-state index in [4.69, 9.17) is 5.73 Å². The summed E-state index contributed by atoms with van der Waals surface area (Å²) < 4.78 is 1.73. The highest BCUT2D eigenvalue weighted by Gasteiger charge is 2.02. The number of aromatic nitrogens is 3. The summed E-state index contributed by atoms with van der Waals surface area (Å²) in [5.74, 6) is 0.847. The number of nitrogens with zero attached hydrogens (tertiary/aromatic N) is 3. The van der Waals surface area contributed by atoms with Crippen molar-refractivity contribution in [3.05, 3.63) is 30.6 Å². The number of nitrogen functional groups attached to an aromatic ring is 1. The fourth-order valence-electron chi connectivity index (χ4n) is 1.19.